The summed E-state index contributed by atoms with van der Waals surface area (Å²) in [6.07, 6.45) is 1.73. The van der Waals surface area contributed by atoms with Crippen LogP contribution in [0.2, 0.25) is 5.02 Å². The summed E-state index contributed by atoms with van der Waals surface area (Å²) in [5.74, 6) is -1.52. The van der Waals surface area contributed by atoms with Crippen molar-refractivity contribution in [2.24, 2.45) is 0 Å². The third-order valence-corrected chi connectivity index (χ3v) is 3.89. The summed E-state index contributed by atoms with van der Waals surface area (Å²) >= 11 is 5.67. The zero-order valence-corrected chi connectivity index (χ0v) is 13.4. The fourth-order valence-electron chi connectivity index (χ4n) is 2.32. The van der Waals surface area contributed by atoms with Gasteiger partial charge in [0.2, 0.25) is 0 Å². The Kier molecular flexibility index (Phi) is 5.86. The fraction of sp³-hybridized carbons (Fsp3) is 0.400. The highest BCUT2D eigenvalue weighted by molar-refractivity contribution is 6.32. The lowest BCUT2D eigenvalue weighted by molar-refractivity contribution is -0.384. The molecule has 2 rings (SSSR count). The van der Waals surface area contributed by atoms with Gasteiger partial charge in [-0.05, 0) is 31.4 Å². The van der Waals surface area contributed by atoms with Crippen LogP contribution in [0.1, 0.15) is 36.0 Å². The molecule has 1 atom stereocenters. The molecule has 0 bridgehead atoms. The molecule has 9 heteroatoms. The van der Waals surface area contributed by atoms with Gasteiger partial charge in [-0.1, -0.05) is 11.6 Å². The number of hydrogen-bond acceptors (Lipinski definition) is 6. The highest BCUT2D eigenvalue weighted by atomic mass is 35.5. The molecule has 0 unspecified atom stereocenters. The van der Waals surface area contributed by atoms with Gasteiger partial charge < -0.3 is 10.1 Å². The quantitative estimate of drug-likeness (QED) is 0.491. The van der Waals surface area contributed by atoms with E-state index < -0.39 is 35.1 Å². The third-order valence-electron chi connectivity index (χ3n) is 3.57. The topological polar surface area (TPSA) is 116 Å². The van der Waals surface area contributed by atoms with E-state index in [0.717, 1.165) is 18.9 Å². The van der Waals surface area contributed by atoms with E-state index in [2.05, 4.69) is 5.32 Å². The van der Waals surface area contributed by atoms with Crippen LogP contribution < -0.4 is 5.32 Å². The molecule has 0 aliphatic heterocycles. The van der Waals surface area contributed by atoms with Gasteiger partial charge in [0.15, 0.2) is 11.9 Å². The Hall–Kier alpha value is -2.48. The molecule has 1 saturated carbocycles. The van der Waals surface area contributed by atoms with Gasteiger partial charge in [0.25, 0.3) is 11.6 Å². The molecule has 0 saturated heterocycles. The number of nitrogens with zero attached hydrogens (tertiary/aromatic N) is 1. The van der Waals surface area contributed by atoms with Gasteiger partial charge in [-0.2, -0.15) is 0 Å². The van der Waals surface area contributed by atoms with Crippen LogP contribution in [0.5, 0.6) is 0 Å². The SMILES string of the molecule is O=C(CNC(=O)c1ccc(Cl)c([N+](=O)[O-])c1)O[C@@H]1CCCCC1=O. The van der Waals surface area contributed by atoms with Crippen LogP contribution in [0.25, 0.3) is 0 Å². The van der Waals surface area contributed by atoms with Crippen LogP contribution in [-0.2, 0) is 14.3 Å². The van der Waals surface area contributed by atoms with Gasteiger partial charge in [0.05, 0.1) is 4.92 Å². The predicted molar refractivity (Wildman–Crippen MR) is 83.8 cm³/mol. The highest BCUT2D eigenvalue weighted by Gasteiger charge is 2.26. The molecule has 1 aromatic carbocycles. The van der Waals surface area contributed by atoms with Gasteiger partial charge in [0, 0.05) is 18.1 Å². The first-order valence-electron chi connectivity index (χ1n) is 7.33. The number of benzene rings is 1. The van der Waals surface area contributed by atoms with Gasteiger partial charge in [-0.25, -0.2) is 0 Å². The standard InChI is InChI=1S/C15H15ClN2O6/c16-10-6-5-9(7-11(10)18(22)23)15(21)17-8-14(20)24-13-4-2-1-3-12(13)19/h5-7,13H,1-4,8H2,(H,17,21)/t13-/m1/s1. The van der Waals surface area contributed by atoms with Crippen molar-refractivity contribution in [2.75, 3.05) is 6.54 Å². The third kappa shape index (κ3) is 4.51. The lowest BCUT2D eigenvalue weighted by Gasteiger charge is -2.20. The summed E-state index contributed by atoms with van der Waals surface area (Å²) in [5.41, 5.74) is -0.410. The van der Waals surface area contributed by atoms with Gasteiger partial charge in [-0.15, -0.1) is 0 Å². The molecule has 1 aromatic rings. The normalized spacial score (nSPS) is 17.2. The molecule has 0 heterocycles. The number of ether oxygens (including phenoxy) is 1. The zero-order valence-electron chi connectivity index (χ0n) is 12.6. The minimum Gasteiger partial charge on any atom is -0.453 e. The summed E-state index contributed by atoms with van der Waals surface area (Å²) in [6.45, 7) is -0.432. The minimum absolute atomic E-state index is 0.00681. The van der Waals surface area contributed by atoms with Gasteiger partial charge in [-0.3, -0.25) is 24.5 Å². The summed E-state index contributed by atoms with van der Waals surface area (Å²) < 4.78 is 5.04. The number of esters is 1. The number of amides is 1. The summed E-state index contributed by atoms with van der Waals surface area (Å²) in [7, 11) is 0. The molecule has 24 heavy (non-hydrogen) atoms. The molecule has 0 radical (unpaired) electrons. The number of hydrogen-bond donors (Lipinski definition) is 1. The molecule has 0 spiro atoms. The fourth-order valence-corrected chi connectivity index (χ4v) is 2.51. The number of nitro groups is 1. The number of Topliss-reactive ketones (excluding diaryl/α,β-unsaturated/α-hetero) is 1. The molecule has 1 amide bonds. The summed E-state index contributed by atoms with van der Waals surface area (Å²) in [6, 6.07) is 3.56. The van der Waals surface area contributed by atoms with Crippen molar-refractivity contribution >= 4 is 34.9 Å². The summed E-state index contributed by atoms with van der Waals surface area (Å²) in [4.78, 5) is 45.3. The number of halogens is 1. The Morgan fingerprint density at radius 2 is 2.12 bits per heavy atom. The number of carbonyl (C=O) groups is 3. The van der Waals surface area contributed by atoms with Crippen molar-refractivity contribution in [3.8, 4) is 0 Å². The van der Waals surface area contributed by atoms with Crippen molar-refractivity contribution in [2.45, 2.75) is 31.8 Å². The van der Waals surface area contributed by atoms with E-state index in [1.807, 2.05) is 0 Å². The van der Waals surface area contributed by atoms with Crippen LogP contribution in [0.4, 0.5) is 5.69 Å². The largest absolute Gasteiger partial charge is 0.453 e. The number of rotatable bonds is 5. The second kappa shape index (κ2) is 7.87. The minimum atomic E-state index is -0.750. The van der Waals surface area contributed by atoms with Crippen molar-refractivity contribution in [3.63, 3.8) is 0 Å². The highest BCUT2D eigenvalue weighted by Crippen LogP contribution is 2.25. The van der Waals surface area contributed by atoms with E-state index in [1.165, 1.54) is 12.1 Å². The van der Waals surface area contributed by atoms with Gasteiger partial charge in [0.1, 0.15) is 11.6 Å². The second-order valence-electron chi connectivity index (χ2n) is 5.30. The Balaban J connectivity index is 1.90. The Bertz CT molecular complexity index is 691. The Labute approximate surface area is 142 Å². The van der Waals surface area contributed by atoms with Crippen LogP contribution in [-0.4, -0.2) is 35.2 Å². The van der Waals surface area contributed by atoms with Crippen molar-refractivity contribution in [1.82, 2.24) is 5.32 Å². The van der Waals surface area contributed by atoms with Crippen LogP contribution >= 0.6 is 11.6 Å². The lowest BCUT2D eigenvalue weighted by Crippen LogP contribution is -2.36. The molecular formula is C15H15ClN2O6. The van der Waals surface area contributed by atoms with E-state index in [0.29, 0.717) is 12.8 Å². The molecule has 1 N–H and O–H groups in total. The van der Waals surface area contributed by atoms with Crippen molar-refractivity contribution in [3.05, 3.63) is 38.9 Å². The average molecular weight is 355 g/mol. The van der Waals surface area contributed by atoms with E-state index in [-0.39, 0.29) is 16.4 Å². The second-order valence-corrected chi connectivity index (χ2v) is 5.70. The predicted octanol–water partition coefficient (Wildman–Crippen LogP) is 2.03. The molecule has 1 aliphatic carbocycles. The molecule has 128 valence electrons. The maximum absolute atomic E-state index is 11.9. The summed E-state index contributed by atoms with van der Waals surface area (Å²) in [5, 5.41) is 13.0. The van der Waals surface area contributed by atoms with E-state index in [1.54, 1.807) is 0 Å². The molecular weight excluding hydrogens is 340 g/mol. The Morgan fingerprint density at radius 1 is 1.38 bits per heavy atom. The van der Waals surface area contributed by atoms with Crippen LogP contribution in [0.15, 0.2) is 18.2 Å². The van der Waals surface area contributed by atoms with E-state index in [9.17, 15) is 24.5 Å². The first-order valence-corrected chi connectivity index (χ1v) is 7.70. The maximum Gasteiger partial charge on any atom is 0.326 e. The smallest absolute Gasteiger partial charge is 0.326 e. The molecule has 0 aromatic heterocycles. The zero-order chi connectivity index (χ0) is 17.7. The van der Waals surface area contributed by atoms with Crippen LogP contribution in [0, 0.1) is 10.1 Å². The van der Waals surface area contributed by atoms with Crippen molar-refractivity contribution in [1.29, 1.82) is 0 Å². The number of carbonyl (C=O) groups excluding carboxylic acids is 3. The molecule has 1 aliphatic rings. The van der Waals surface area contributed by atoms with E-state index in [4.69, 9.17) is 16.3 Å². The first-order chi connectivity index (χ1) is 11.4. The lowest BCUT2D eigenvalue weighted by atomic mass is 9.96. The number of ketones is 1. The first kappa shape index (κ1) is 17.9. The van der Waals surface area contributed by atoms with Crippen molar-refractivity contribution < 1.29 is 24.0 Å². The maximum atomic E-state index is 11.9. The molecule has 8 nitrogen and oxygen atoms in total. The average Bonchev–Trinajstić information content (AvgIpc) is 2.55. The van der Waals surface area contributed by atoms with E-state index >= 15 is 0 Å². The van der Waals surface area contributed by atoms with Crippen LogP contribution in [0.3, 0.4) is 0 Å². The number of nitro benzene ring substituents is 1. The Morgan fingerprint density at radius 3 is 2.79 bits per heavy atom. The molecule has 1 fully saturated rings. The monoisotopic (exact) mass is 354 g/mol. The van der Waals surface area contributed by atoms with Gasteiger partial charge >= 0.3 is 5.97 Å². The number of nitrogens with one attached hydrogen (secondary N) is 1.